The van der Waals surface area contributed by atoms with Crippen LogP contribution < -0.4 is 26.0 Å². The van der Waals surface area contributed by atoms with Gasteiger partial charge in [-0.05, 0) is 62.8 Å². The zero-order valence-electron chi connectivity index (χ0n) is 27.1. The lowest BCUT2D eigenvalue weighted by Crippen LogP contribution is -2.57. The molecule has 252 valence electrons. The largest absolute Gasteiger partial charge is 0.484 e. The molecular weight excluding hydrogens is 614 g/mol. The Bertz CT molecular complexity index is 1600. The van der Waals surface area contributed by atoms with Gasteiger partial charge in [0.25, 0.3) is 5.91 Å². The maximum absolute atomic E-state index is 13.9. The van der Waals surface area contributed by atoms with E-state index in [1.54, 1.807) is 36.7 Å². The number of benzene rings is 2. The molecule has 0 radical (unpaired) electrons. The second-order valence-electron chi connectivity index (χ2n) is 12.1. The van der Waals surface area contributed by atoms with Gasteiger partial charge in [-0.3, -0.25) is 33.9 Å². The number of fused-ring (bicyclic) bond motifs is 13. The van der Waals surface area contributed by atoms with E-state index in [-0.39, 0.29) is 25.5 Å². The molecule has 1 saturated heterocycles. The second kappa shape index (κ2) is 16.0. The van der Waals surface area contributed by atoms with Gasteiger partial charge >= 0.3 is 0 Å². The highest BCUT2D eigenvalue weighted by molar-refractivity contribution is 5.95. The minimum atomic E-state index is -1.00. The Balaban J connectivity index is 1.35. The van der Waals surface area contributed by atoms with Gasteiger partial charge in [0.2, 0.25) is 23.6 Å². The average Bonchev–Trinajstić information content (AvgIpc) is 3.59. The summed E-state index contributed by atoms with van der Waals surface area (Å²) in [5, 5.41) is 11.1. The number of aryl methyl sites for hydroxylation is 2. The summed E-state index contributed by atoms with van der Waals surface area (Å²) in [7, 11) is 0. The number of carbonyl (C=O) groups excluding carboxylic acids is 5. The monoisotopic (exact) mass is 655 g/mol. The summed E-state index contributed by atoms with van der Waals surface area (Å²) in [6.07, 6.45) is 5.18. The Kier molecular flexibility index (Phi) is 11.3. The molecule has 1 aromatic heterocycles. The number of hydrogen-bond donors (Lipinski definition) is 4. The normalized spacial score (nSPS) is 22.2. The van der Waals surface area contributed by atoms with E-state index in [2.05, 4.69) is 31.2 Å². The zero-order chi connectivity index (χ0) is 34.0. The van der Waals surface area contributed by atoms with Crippen molar-refractivity contribution in [2.75, 3.05) is 13.2 Å². The van der Waals surface area contributed by atoms with Crippen molar-refractivity contribution in [3.8, 4) is 5.75 Å². The molecule has 6 rings (SSSR count). The Morgan fingerprint density at radius 3 is 2.46 bits per heavy atom. The first-order valence-electron chi connectivity index (χ1n) is 16.2. The number of amides is 5. The molecule has 13 nitrogen and oxygen atoms in total. The van der Waals surface area contributed by atoms with E-state index in [4.69, 9.17) is 4.74 Å². The molecule has 0 spiro atoms. The molecule has 3 aliphatic rings. The van der Waals surface area contributed by atoms with Crippen molar-refractivity contribution in [2.45, 2.75) is 76.7 Å². The summed E-state index contributed by atoms with van der Waals surface area (Å²) in [5.41, 5.74) is 3.04. The molecule has 3 aromatic rings. The van der Waals surface area contributed by atoms with E-state index in [1.807, 2.05) is 37.3 Å². The molecule has 2 bridgehead atoms. The standard InChI is InChI=1S/C35H41N7O6/c1-22-18-37-26(19-36-22)20-38-33(45)29-17-25-10-13-27(14-11-25)48-21-31(43)40-28(15-12-24-7-4-3-5-8-24)35(47)42-16-6-9-30(42)34(46)39-23(2)32(44)41-29/h3-5,7-8,10-11,13-14,18-19,23,28-30H,6,9,12,15-17,20-21H2,1-2H3,(H,38,45)(H,39,46)(H,40,43)(H,41,44)/t23-,28-,29-,30-/m0/s1. The maximum Gasteiger partial charge on any atom is 0.258 e. The predicted octanol–water partition coefficient (Wildman–Crippen LogP) is 1.13. The molecule has 1 fully saturated rings. The fourth-order valence-corrected chi connectivity index (χ4v) is 5.75. The molecule has 48 heavy (non-hydrogen) atoms. The fraction of sp³-hybridized carbons (Fsp3) is 0.400. The van der Waals surface area contributed by atoms with Gasteiger partial charge in [0, 0.05) is 19.2 Å². The lowest BCUT2D eigenvalue weighted by Gasteiger charge is -2.29. The summed E-state index contributed by atoms with van der Waals surface area (Å²) in [6.45, 7) is 3.47. The van der Waals surface area contributed by atoms with Crippen LogP contribution in [0.15, 0.2) is 67.0 Å². The van der Waals surface area contributed by atoms with Crippen molar-refractivity contribution in [1.29, 1.82) is 0 Å². The summed E-state index contributed by atoms with van der Waals surface area (Å²) >= 11 is 0. The van der Waals surface area contributed by atoms with Crippen LogP contribution in [0, 0.1) is 6.92 Å². The van der Waals surface area contributed by atoms with E-state index in [9.17, 15) is 24.0 Å². The molecule has 4 N–H and O–H groups in total. The second-order valence-corrected chi connectivity index (χ2v) is 12.1. The first-order valence-corrected chi connectivity index (χ1v) is 16.2. The van der Waals surface area contributed by atoms with E-state index in [0.29, 0.717) is 43.7 Å². The van der Waals surface area contributed by atoms with Crippen LogP contribution in [0.1, 0.15) is 48.7 Å². The van der Waals surface area contributed by atoms with Crippen LogP contribution in [0.25, 0.3) is 0 Å². The first-order chi connectivity index (χ1) is 23.2. The van der Waals surface area contributed by atoms with E-state index in [1.165, 1.54) is 11.8 Å². The Hall–Kier alpha value is -5.33. The smallest absolute Gasteiger partial charge is 0.258 e. The number of ether oxygens (including phenoxy) is 1. The highest BCUT2D eigenvalue weighted by atomic mass is 16.5. The Labute approximate surface area is 279 Å². The topological polar surface area (TPSA) is 172 Å². The van der Waals surface area contributed by atoms with Crippen LogP contribution in [0.2, 0.25) is 0 Å². The van der Waals surface area contributed by atoms with Crippen molar-refractivity contribution in [2.24, 2.45) is 0 Å². The highest BCUT2D eigenvalue weighted by Crippen LogP contribution is 2.21. The fourth-order valence-electron chi connectivity index (χ4n) is 5.75. The molecular formula is C35H41N7O6. The number of aromatic nitrogens is 2. The SMILES string of the molecule is Cc1cnc(CNC(=O)[C@@H]2Cc3ccc(cc3)OCC(=O)N[C@@H](CCc3ccccc3)C(=O)N3CCC[C@H]3C(=O)N[C@@H](C)C(=O)N2)cn1. The van der Waals surface area contributed by atoms with Crippen LogP contribution >= 0.6 is 0 Å². The first kappa shape index (κ1) is 34.0. The molecule has 4 atom stereocenters. The lowest BCUT2D eigenvalue weighted by molar-refractivity contribution is -0.142. The molecule has 4 heterocycles. The van der Waals surface area contributed by atoms with Gasteiger partial charge in [0.1, 0.15) is 29.9 Å². The lowest BCUT2D eigenvalue weighted by atomic mass is 10.0. The van der Waals surface area contributed by atoms with E-state index in [0.717, 1.165) is 16.8 Å². The number of nitrogens with one attached hydrogen (secondary N) is 4. The molecule has 13 heteroatoms. The van der Waals surface area contributed by atoms with Crippen LogP contribution in [-0.4, -0.2) is 81.7 Å². The van der Waals surface area contributed by atoms with Crippen molar-refractivity contribution in [3.63, 3.8) is 0 Å². The van der Waals surface area contributed by atoms with Gasteiger partial charge in [-0.15, -0.1) is 0 Å². The third-order valence-electron chi connectivity index (χ3n) is 8.43. The summed E-state index contributed by atoms with van der Waals surface area (Å²) in [4.78, 5) is 77.1. The summed E-state index contributed by atoms with van der Waals surface area (Å²) < 4.78 is 5.73. The van der Waals surface area contributed by atoms with Gasteiger partial charge in [-0.1, -0.05) is 42.5 Å². The molecule has 2 aromatic carbocycles. The van der Waals surface area contributed by atoms with Crippen molar-refractivity contribution < 1.29 is 28.7 Å². The van der Waals surface area contributed by atoms with Crippen molar-refractivity contribution >= 4 is 29.5 Å². The number of carbonyl (C=O) groups is 5. The van der Waals surface area contributed by atoms with E-state index < -0.39 is 47.8 Å². The van der Waals surface area contributed by atoms with Gasteiger partial charge in [-0.2, -0.15) is 0 Å². The van der Waals surface area contributed by atoms with E-state index >= 15 is 0 Å². The predicted molar refractivity (Wildman–Crippen MR) is 175 cm³/mol. The molecule has 0 saturated carbocycles. The highest BCUT2D eigenvalue weighted by Gasteiger charge is 2.38. The van der Waals surface area contributed by atoms with Gasteiger partial charge in [0.05, 0.1) is 24.1 Å². The minimum absolute atomic E-state index is 0.109. The Morgan fingerprint density at radius 2 is 1.73 bits per heavy atom. The molecule has 0 unspecified atom stereocenters. The summed E-state index contributed by atoms with van der Waals surface area (Å²) in [6, 6.07) is 12.8. The quantitative estimate of drug-likeness (QED) is 0.306. The molecule has 0 aliphatic carbocycles. The number of hydrogen-bond acceptors (Lipinski definition) is 8. The van der Waals surface area contributed by atoms with Crippen molar-refractivity contribution in [3.05, 3.63) is 89.5 Å². The summed E-state index contributed by atoms with van der Waals surface area (Å²) in [5.74, 6) is -1.90. The van der Waals surface area contributed by atoms with Crippen LogP contribution in [-0.2, 0) is 43.4 Å². The number of rotatable bonds is 6. The van der Waals surface area contributed by atoms with Gasteiger partial charge in [0.15, 0.2) is 6.61 Å². The van der Waals surface area contributed by atoms with Crippen molar-refractivity contribution in [1.82, 2.24) is 36.1 Å². The average molecular weight is 656 g/mol. The van der Waals surface area contributed by atoms with Gasteiger partial charge in [-0.25, -0.2) is 0 Å². The zero-order valence-corrected chi connectivity index (χ0v) is 27.1. The van der Waals surface area contributed by atoms with Crippen LogP contribution in [0.5, 0.6) is 5.75 Å². The van der Waals surface area contributed by atoms with Gasteiger partial charge < -0.3 is 30.9 Å². The Morgan fingerprint density at radius 1 is 0.958 bits per heavy atom. The number of nitrogens with zero attached hydrogens (tertiary/aromatic N) is 3. The molecule has 3 aliphatic heterocycles. The molecule has 5 amide bonds. The van der Waals surface area contributed by atoms with Crippen LogP contribution in [0.3, 0.4) is 0 Å². The van der Waals surface area contributed by atoms with Crippen LogP contribution in [0.4, 0.5) is 0 Å². The third-order valence-corrected chi connectivity index (χ3v) is 8.43. The maximum atomic E-state index is 13.9. The third kappa shape index (κ3) is 9.14. The minimum Gasteiger partial charge on any atom is -0.484 e.